The van der Waals surface area contributed by atoms with Crippen molar-refractivity contribution in [3.05, 3.63) is 176 Å². The first kappa shape index (κ1) is 28.3. The molecule has 0 N–H and O–H groups in total. The summed E-state index contributed by atoms with van der Waals surface area (Å²) in [7, 11) is 0. The van der Waals surface area contributed by atoms with Crippen LogP contribution in [-0.2, 0) is 0 Å². The Morgan fingerprint density at radius 1 is 0.306 bits per heavy atom. The minimum atomic E-state index is 1.13. The maximum absolute atomic E-state index is 2.40. The van der Waals surface area contributed by atoms with E-state index in [1.807, 2.05) is 22.7 Å². The summed E-state index contributed by atoms with van der Waals surface area (Å²) in [6, 6.07) is 64.3. The molecule has 0 aliphatic carbocycles. The van der Waals surface area contributed by atoms with Gasteiger partial charge in [-0.3, -0.25) is 0 Å². The van der Waals surface area contributed by atoms with Gasteiger partial charge >= 0.3 is 0 Å². The van der Waals surface area contributed by atoms with Crippen LogP contribution in [-0.4, -0.2) is 0 Å². The standard InChI is InChI=1S/C46H29NS2/c1-2-10-30(11-3-1)31-18-22-33(23-19-31)47(35-26-27-38-37-13-6-8-16-42(37)48-44(38)28-35)34-24-20-32(21-25-34)41-29-45-46(39-14-5-4-12-36(39)41)40-15-7-9-17-43(40)49-45/h1-29H. The first-order valence-electron chi connectivity index (χ1n) is 16.6. The number of fused-ring (bicyclic) bond motifs is 8. The molecular weight excluding hydrogens is 631 g/mol. The fraction of sp³-hybridized carbons (Fsp3) is 0. The molecule has 2 aromatic heterocycles. The van der Waals surface area contributed by atoms with Crippen LogP contribution in [0, 0.1) is 0 Å². The molecule has 10 aromatic rings. The van der Waals surface area contributed by atoms with E-state index in [2.05, 4.69) is 181 Å². The number of hydrogen-bond donors (Lipinski definition) is 0. The molecule has 1 nitrogen and oxygen atoms in total. The number of thiophene rings is 2. The summed E-state index contributed by atoms with van der Waals surface area (Å²) in [5, 5.41) is 7.93. The third-order valence-electron chi connectivity index (χ3n) is 9.67. The van der Waals surface area contributed by atoms with Gasteiger partial charge in [0.1, 0.15) is 0 Å². The van der Waals surface area contributed by atoms with Crippen molar-refractivity contribution in [2.24, 2.45) is 0 Å². The maximum atomic E-state index is 2.40. The van der Waals surface area contributed by atoms with E-state index in [1.54, 1.807) is 0 Å². The molecule has 0 radical (unpaired) electrons. The molecule has 0 saturated carbocycles. The zero-order valence-corrected chi connectivity index (χ0v) is 28.1. The molecular formula is C46H29NS2. The lowest BCUT2D eigenvalue weighted by molar-refractivity contribution is 1.29. The van der Waals surface area contributed by atoms with Gasteiger partial charge in [0.05, 0.1) is 0 Å². The molecule has 0 spiro atoms. The SMILES string of the molecule is c1ccc(-c2ccc(N(c3ccc(-c4cc5sc6ccccc6c5c5ccccc45)cc3)c3ccc4c(c3)sc3ccccc34)cc2)cc1. The Morgan fingerprint density at radius 2 is 0.816 bits per heavy atom. The normalized spacial score (nSPS) is 11.7. The highest BCUT2D eigenvalue weighted by molar-refractivity contribution is 7.26. The number of hydrogen-bond acceptors (Lipinski definition) is 3. The third kappa shape index (κ3) is 4.74. The minimum Gasteiger partial charge on any atom is -0.310 e. The molecule has 0 fully saturated rings. The van der Waals surface area contributed by atoms with Gasteiger partial charge in [0, 0.05) is 57.4 Å². The third-order valence-corrected chi connectivity index (χ3v) is 11.9. The monoisotopic (exact) mass is 659 g/mol. The highest BCUT2D eigenvalue weighted by Gasteiger charge is 2.17. The van der Waals surface area contributed by atoms with E-state index in [4.69, 9.17) is 0 Å². The predicted octanol–water partition coefficient (Wildman–Crippen LogP) is 14.4. The van der Waals surface area contributed by atoms with E-state index in [1.165, 1.54) is 73.4 Å². The van der Waals surface area contributed by atoms with Crippen molar-refractivity contribution in [3.63, 3.8) is 0 Å². The second-order valence-corrected chi connectivity index (χ2v) is 14.7. The summed E-state index contributed by atoms with van der Waals surface area (Å²) >= 11 is 3.74. The van der Waals surface area contributed by atoms with Gasteiger partial charge in [-0.25, -0.2) is 0 Å². The van der Waals surface area contributed by atoms with Gasteiger partial charge in [-0.15, -0.1) is 22.7 Å². The fourth-order valence-corrected chi connectivity index (χ4v) is 9.65. The molecule has 10 rings (SSSR count). The lowest BCUT2D eigenvalue weighted by Crippen LogP contribution is -2.09. The van der Waals surface area contributed by atoms with Gasteiger partial charge in [-0.05, 0) is 87.6 Å². The molecule has 0 amide bonds. The summed E-state index contributed by atoms with van der Waals surface area (Å²) in [6.45, 7) is 0. The van der Waals surface area contributed by atoms with Crippen molar-refractivity contribution in [2.45, 2.75) is 0 Å². The molecule has 0 saturated heterocycles. The Morgan fingerprint density at radius 3 is 1.55 bits per heavy atom. The van der Waals surface area contributed by atoms with E-state index >= 15 is 0 Å². The average molecular weight is 660 g/mol. The maximum Gasteiger partial charge on any atom is 0.0476 e. The quantitative estimate of drug-likeness (QED) is 0.178. The number of benzene rings is 8. The molecule has 2 heterocycles. The largest absolute Gasteiger partial charge is 0.310 e. The Kier molecular flexibility index (Phi) is 6.61. The van der Waals surface area contributed by atoms with Crippen LogP contribution < -0.4 is 4.90 Å². The Labute approximate surface area is 292 Å². The van der Waals surface area contributed by atoms with Crippen LogP contribution >= 0.6 is 22.7 Å². The summed E-state index contributed by atoms with van der Waals surface area (Å²) in [5.74, 6) is 0. The summed E-state index contributed by atoms with van der Waals surface area (Å²) in [6.07, 6.45) is 0. The van der Waals surface area contributed by atoms with Crippen LogP contribution in [0.4, 0.5) is 17.1 Å². The van der Waals surface area contributed by atoms with Crippen molar-refractivity contribution in [3.8, 4) is 22.3 Å². The Hall–Kier alpha value is -5.74. The molecule has 0 atom stereocenters. The van der Waals surface area contributed by atoms with Crippen LogP contribution in [0.15, 0.2) is 176 Å². The summed E-state index contributed by atoms with van der Waals surface area (Å²) < 4.78 is 5.28. The van der Waals surface area contributed by atoms with Crippen LogP contribution in [0.5, 0.6) is 0 Å². The molecule has 0 unspecified atom stereocenters. The number of rotatable bonds is 5. The molecule has 8 aromatic carbocycles. The van der Waals surface area contributed by atoms with Crippen LogP contribution in [0.25, 0.3) is 73.4 Å². The highest BCUT2D eigenvalue weighted by atomic mass is 32.1. The highest BCUT2D eigenvalue weighted by Crippen LogP contribution is 2.44. The second-order valence-electron chi connectivity index (χ2n) is 12.5. The summed E-state index contributed by atoms with van der Waals surface area (Å²) in [5.41, 5.74) is 8.33. The summed E-state index contributed by atoms with van der Waals surface area (Å²) in [4.78, 5) is 2.38. The number of nitrogens with zero attached hydrogens (tertiary/aromatic N) is 1. The van der Waals surface area contributed by atoms with E-state index in [0.29, 0.717) is 0 Å². The lowest BCUT2D eigenvalue weighted by atomic mass is 9.95. The van der Waals surface area contributed by atoms with E-state index in [-0.39, 0.29) is 0 Å². The number of anilines is 3. The van der Waals surface area contributed by atoms with E-state index in [0.717, 1.165) is 17.1 Å². The van der Waals surface area contributed by atoms with E-state index < -0.39 is 0 Å². The molecule has 0 aliphatic heterocycles. The van der Waals surface area contributed by atoms with Crippen molar-refractivity contribution < 1.29 is 0 Å². The Balaban J connectivity index is 1.11. The molecule has 49 heavy (non-hydrogen) atoms. The first-order chi connectivity index (χ1) is 24.3. The van der Waals surface area contributed by atoms with Crippen molar-refractivity contribution in [1.29, 1.82) is 0 Å². The van der Waals surface area contributed by atoms with Crippen LogP contribution in [0.2, 0.25) is 0 Å². The zero-order valence-electron chi connectivity index (χ0n) is 26.5. The smallest absolute Gasteiger partial charge is 0.0476 e. The van der Waals surface area contributed by atoms with Gasteiger partial charge in [-0.1, -0.05) is 121 Å². The second kappa shape index (κ2) is 11.5. The molecule has 3 heteroatoms. The van der Waals surface area contributed by atoms with Gasteiger partial charge in [0.15, 0.2) is 0 Å². The molecule has 230 valence electrons. The molecule has 0 bridgehead atoms. The van der Waals surface area contributed by atoms with E-state index in [9.17, 15) is 0 Å². The Bertz CT molecular complexity index is 2810. The van der Waals surface area contributed by atoms with Gasteiger partial charge in [-0.2, -0.15) is 0 Å². The topological polar surface area (TPSA) is 3.24 Å². The van der Waals surface area contributed by atoms with Crippen LogP contribution in [0.3, 0.4) is 0 Å². The zero-order chi connectivity index (χ0) is 32.3. The fourth-order valence-electron chi connectivity index (χ4n) is 7.35. The lowest BCUT2D eigenvalue weighted by Gasteiger charge is -2.26. The van der Waals surface area contributed by atoms with Gasteiger partial charge < -0.3 is 4.90 Å². The average Bonchev–Trinajstić information content (AvgIpc) is 3.74. The van der Waals surface area contributed by atoms with Crippen molar-refractivity contribution >= 4 is 90.9 Å². The van der Waals surface area contributed by atoms with Crippen molar-refractivity contribution in [2.75, 3.05) is 4.90 Å². The van der Waals surface area contributed by atoms with Crippen molar-refractivity contribution in [1.82, 2.24) is 0 Å². The van der Waals surface area contributed by atoms with Gasteiger partial charge in [0.25, 0.3) is 0 Å². The van der Waals surface area contributed by atoms with Crippen LogP contribution in [0.1, 0.15) is 0 Å². The first-order valence-corrected chi connectivity index (χ1v) is 18.2. The minimum absolute atomic E-state index is 1.13. The van der Waals surface area contributed by atoms with Gasteiger partial charge in [0.2, 0.25) is 0 Å². The molecule has 0 aliphatic rings. The predicted molar refractivity (Wildman–Crippen MR) is 215 cm³/mol.